The smallest absolute Gasteiger partial charge is 0.224 e. The lowest BCUT2D eigenvalue weighted by molar-refractivity contribution is -0.116. The minimum absolute atomic E-state index is 0. The second-order valence-corrected chi connectivity index (χ2v) is 5.67. The highest BCUT2D eigenvalue weighted by atomic mass is 35.5. The zero-order chi connectivity index (χ0) is 16.7. The Morgan fingerprint density at radius 1 is 1.17 bits per heavy atom. The zero-order valence-electron chi connectivity index (χ0n) is 14.1. The van der Waals surface area contributed by atoms with Gasteiger partial charge in [0.25, 0.3) is 0 Å². The summed E-state index contributed by atoms with van der Waals surface area (Å²) in [4.78, 5) is 12.2. The van der Waals surface area contributed by atoms with E-state index in [1.165, 1.54) is 11.1 Å². The van der Waals surface area contributed by atoms with E-state index in [1.54, 1.807) is 0 Å². The quantitative estimate of drug-likeness (QED) is 0.797. The van der Waals surface area contributed by atoms with E-state index in [4.69, 9.17) is 10.5 Å². The number of benzene rings is 2. The Hall–Kier alpha value is -2.04. The number of anilines is 1. The topological polar surface area (TPSA) is 64.3 Å². The number of ether oxygens (including phenoxy) is 1. The molecule has 0 saturated heterocycles. The summed E-state index contributed by atoms with van der Waals surface area (Å²) in [5.74, 6) is 0.946. The fourth-order valence-corrected chi connectivity index (χ4v) is 2.55. The standard InChI is InChI=1S/C19H24N2O2.ClH/c1-14-5-3-4-6-18(14)15(2)13-19(22)21-16-7-9-17(10-8-16)23-12-11-20;/h3-10,15H,11-13,20H2,1-2H3,(H,21,22);1H. The molecule has 0 aliphatic carbocycles. The van der Waals surface area contributed by atoms with Gasteiger partial charge in [0.2, 0.25) is 5.91 Å². The lowest BCUT2D eigenvalue weighted by atomic mass is 9.93. The molecule has 2 aromatic carbocycles. The second-order valence-electron chi connectivity index (χ2n) is 5.67. The van der Waals surface area contributed by atoms with Crippen LogP contribution in [0.4, 0.5) is 5.69 Å². The van der Waals surface area contributed by atoms with Crippen LogP contribution >= 0.6 is 12.4 Å². The third-order valence-electron chi connectivity index (χ3n) is 3.74. The molecule has 0 aromatic heterocycles. The number of hydrogen-bond donors (Lipinski definition) is 2. The summed E-state index contributed by atoms with van der Waals surface area (Å²) in [5.41, 5.74) is 8.60. The summed E-state index contributed by atoms with van der Waals surface area (Å²) in [5, 5.41) is 2.93. The van der Waals surface area contributed by atoms with Gasteiger partial charge in [-0.05, 0) is 48.2 Å². The van der Waals surface area contributed by atoms with Crippen LogP contribution < -0.4 is 15.8 Å². The number of halogens is 1. The van der Waals surface area contributed by atoms with Crippen LogP contribution in [-0.2, 0) is 4.79 Å². The fourth-order valence-electron chi connectivity index (χ4n) is 2.55. The van der Waals surface area contributed by atoms with Crippen molar-refractivity contribution in [3.8, 4) is 5.75 Å². The van der Waals surface area contributed by atoms with Gasteiger partial charge in [-0.2, -0.15) is 0 Å². The number of nitrogens with one attached hydrogen (secondary N) is 1. The average Bonchev–Trinajstić information content (AvgIpc) is 2.54. The Morgan fingerprint density at radius 2 is 1.83 bits per heavy atom. The zero-order valence-corrected chi connectivity index (χ0v) is 14.9. The Labute approximate surface area is 149 Å². The van der Waals surface area contributed by atoms with Crippen LogP contribution in [0.2, 0.25) is 0 Å². The van der Waals surface area contributed by atoms with Gasteiger partial charge in [0, 0.05) is 18.7 Å². The number of rotatable bonds is 7. The molecule has 0 radical (unpaired) electrons. The van der Waals surface area contributed by atoms with Gasteiger partial charge >= 0.3 is 0 Å². The summed E-state index contributed by atoms with van der Waals surface area (Å²) < 4.78 is 5.41. The highest BCUT2D eigenvalue weighted by Crippen LogP contribution is 2.23. The third-order valence-corrected chi connectivity index (χ3v) is 3.74. The maximum absolute atomic E-state index is 12.2. The summed E-state index contributed by atoms with van der Waals surface area (Å²) in [7, 11) is 0. The van der Waals surface area contributed by atoms with Crippen LogP contribution in [0.1, 0.15) is 30.4 Å². The number of carbonyl (C=O) groups excluding carboxylic acids is 1. The van der Waals surface area contributed by atoms with Gasteiger partial charge in [-0.15, -0.1) is 12.4 Å². The van der Waals surface area contributed by atoms with Crippen LogP contribution in [-0.4, -0.2) is 19.1 Å². The first kappa shape index (κ1) is 20.0. The number of carbonyl (C=O) groups is 1. The Kier molecular flexibility index (Phi) is 8.30. The Balaban J connectivity index is 0.00000288. The van der Waals surface area contributed by atoms with Gasteiger partial charge in [0.05, 0.1) is 0 Å². The first-order valence-electron chi connectivity index (χ1n) is 7.88. The van der Waals surface area contributed by atoms with E-state index in [2.05, 4.69) is 31.3 Å². The van der Waals surface area contributed by atoms with E-state index >= 15 is 0 Å². The molecule has 1 amide bonds. The van der Waals surface area contributed by atoms with Crippen molar-refractivity contribution in [1.29, 1.82) is 0 Å². The molecular weight excluding hydrogens is 324 g/mol. The summed E-state index contributed by atoms with van der Waals surface area (Å²) in [6.07, 6.45) is 0.455. The van der Waals surface area contributed by atoms with Gasteiger partial charge in [0.15, 0.2) is 0 Å². The van der Waals surface area contributed by atoms with Crippen molar-refractivity contribution in [3.63, 3.8) is 0 Å². The maximum atomic E-state index is 12.2. The minimum atomic E-state index is 0. The number of nitrogens with two attached hydrogens (primary N) is 1. The summed E-state index contributed by atoms with van der Waals surface area (Å²) in [6.45, 7) is 5.12. The molecule has 1 unspecified atom stereocenters. The van der Waals surface area contributed by atoms with Crippen LogP contribution in [0.25, 0.3) is 0 Å². The highest BCUT2D eigenvalue weighted by Gasteiger charge is 2.13. The van der Waals surface area contributed by atoms with Gasteiger partial charge in [-0.25, -0.2) is 0 Å². The molecule has 0 aliphatic heterocycles. The van der Waals surface area contributed by atoms with E-state index in [1.807, 2.05) is 36.4 Å². The van der Waals surface area contributed by atoms with Crippen molar-refractivity contribution in [2.75, 3.05) is 18.5 Å². The van der Waals surface area contributed by atoms with Crippen LogP contribution in [0.15, 0.2) is 48.5 Å². The van der Waals surface area contributed by atoms with E-state index in [-0.39, 0.29) is 24.2 Å². The van der Waals surface area contributed by atoms with E-state index < -0.39 is 0 Å². The second kappa shape index (κ2) is 9.96. The van der Waals surface area contributed by atoms with Crippen LogP contribution in [0.5, 0.6) is 5.75 Å². The Bertz CT molecular complexity index is 644. The first-order chi connectivity index (χ1) is 11.1. The van der Waals surface area contributed by atoms with E-state index in [0.29, 0.717) is 19.6 Å². The lowest BCUT2D eigenvalue weighted by Gasteiger charge is -2.14. The SMILES string of the molecule is Cc1ccccc1C(C)CC(=O)Nc1ccc(OCCN)cc1.Cl. The number of aryl methyl sites for hydroxylation is 1. The van der Waals surface area contributed by atoms with E-state index in [9.17, 15) is 4.79 Å². The monoisotopic (exact) mass is 348 g/mol. The Morgan fingerprint density at radius 3 is 2.46 bits per heavy atom. The third kappa shape index (κ3) is 5.87. The molecule has 0 saturated carbocycles. The lowest BCUT2D eigenvalue weighted by Crippen LogP contribution is -2.15. The van der Waals surface area contributed by atoms with Crippen molar-refractivity contribution in [1.82, 2.24) is 0 Å². The highest BCUT2D eigenvalue weighted by molar-refractivity contribution is 5.91. The fraction of sp³-hybridized carbons (Fsp3) is 0.316. The van der Waals surface area contributed by atoms with Gasteiger partial charge in [-0.1, -0.05) is 31.2 Å². The molecule has 0 spiro atoms. The number of hydrogen-bond acceptors (Lipinski definition) is 3. The molecule has 1 atom stereocenters. The number of amides is 1. The predicted molar refractivity (Wildman–Crippen MR) is 101 cm³/mol. The van der Waals surface area contributed by atoms with Gasteiger partial charge < -0.3 is 15.8 Å². The molecule has 2 rings (SSSR count). The molecular formula is C19H25ClN2O2. The largest absolute Gasteiger partial charge is 0.492 e. The van der Waals surface area contributed by atoms with E-state index in [0.717, 1.165) is 11.4 Å². The molecule has 0 fully saturated rings. The molecule has 0 aliphatic rings. The van der Waals surface area contributed by atoms with Crippen molar-refractivity contribution in [2.24, 2.45) is 5.73 Å². The molecule has 0 heterocycles. The van der Waals surface area contributed by atoms with Gasteiger partial charge in [-0.3, -0.25) is 4.79 Å². The minimum Gasteiger partial charge on any atom is -0.492 e. The molecule has 3 N–H and O–H groups in total. The first-order valence-corrected chi connectivity index (χ1v) is 7.88. The molecule has 0 bridgehead atoms. The van der Waals surface area contributed by atoms with Crippen LogP contribution in [0.3, 0.4) is 0 Å². The summed E-state index contributed by atoms with van der Waals surface area (Å²) in [6, 6.07) is 15.5. The van der Waals surface area contributed by atoms with Crippen LogP contribution in [0, 0.1) is 6.92 Å². The molecule has 4 nitrogen and oxygen atoms in total. The predicted octanol–water partition coefficient (Wildman–Crippen LogP) is 3.89. The molecule has 5 heteroatoms. The van der Waals surface area contributed by atoms with Gasteiger partial charge in [0.1, 0.15) is 12.4 Å². The van der Waals surface area contributed by atoms with Crippen molar-refractivity contribution >= 4 is 24.0 Å². The average molecular weight is 349 g/mol. The molecule has 2 aromatic rings. The maximum Gasteiger partial charge on any atom is 0.224 e. The molecule has 130 valence electrons. The summed E-state index contributed by atoms with van der Waals surface area (Å²) >= 11 is 0. The van der Waals surface area contributed by atoms with Crippen molar-refractivity contribution in [3.05, 3.63) is 59.7 Å². The van der Waals surface area contributed by atoms with Crippen molar-refractivity contribution < 1.29 is 9.53 Å². The van der Waals surface area contributed by atoms with Crippen molar-refractivity contribution in [2.45, 2.75) is 26.2 Å². The normalized spacial score (nSPS) is 11.3. The molecule has 24 heavy (non-hydrogen) atoms.